The highest BCUT2D eigenvalue weighted by atomic mass is 15.1. The van der Waals surface area contributed by atoms with Gasteiger partial charge in [0.25, 0.3) is 0 Å². The summed E-state index contributed by atoms with van der Waals surface area (Å²) >= 11 is 0. The highest BCUT2D eigenvalue weighted by molar-refractivity contribution is 5.98. The Morgan fingerprint density at radius 3 is 1.88 bits per heavy atom. The zero-order valence-corrected chi connectivity index (χ0v) is 40.1. The van der Waals surface area contributed by atoms with Crippen LogP contribution >= 0.6 is 0 Å². The van der Waals surface area contributed by atoms with Crippen LogP contribution in [0.2, 0.25) is 0 Å². The number of pyridine rings is 2. The molecule has 2 unspecified atom stereocenters. The Morgan fingerprint density at radius 1 is 0.463 bits per heavy atom. The second-order valence-corrected chi connectivity index (χ2v) is 19.2. The largest absolute Gasteiger partial charge is 0.213 e. The normalized spacial score (nSPS) is 16.4. The van der Waals surface area contributed by atoms with Crippen LogP contribution in [0.15, 0.2) is 200 Å². The van der Waals surface area contributed by atoms with Crippen molar-refractivity contribution < 1.29 is 9.13 Å². The van der Waals surface area contributed by atoms with E-state index in [1.165, 1.54) is 107 Å². The molecule has 332 valence electrons. The summed E-state index contributed by atoms with van der Waals surface area (Å²) in [5.74, 6) is 0. The van der Waals surface area contributed by atoms with Crippen molar-refractivity contribution >= 4 is 10.8 Å². The summed E-state index contributed by atoms with van der Waals surface area (Å²) in [4.78, 5) is 0. The average molecular weight is 873 g/mol. The van der Waals surface area contributed by atoms with E-state index in [2.05, 4.69) is 244 Å². The zero-order chi connectivity index (χ0) is 46.0. The smallest absolute Gasteiger partial charge is 0.198 e. The molecule has 0 bridgehead atoms. The predicted octanol–water partition coefficient (Wildman–Crippen LogP) is 16.3. The average Bonchev–Trinajstić information content (AvgIpc) is 3.38. The lowest BCUT2D eigenvalue weighted by Gasteiger charge is -2.48. The van der Waals surface area contributed by atoms with Gasteiger partial charge < -0.3 is 0 Å². The minimum absolute atomic E-state index is 0.101. The molecule has 1 aliphatic heterocycles. The monoisotopic (exact) mass is 873 g/mol. The number of aryl methyl sites for hydroxylation is 3. The van der Waals surface area contributed by atoms with Gasteiger partial charge in [-0.25, -0.2) is 0 Å². The second-order valence-electron chi connectivity index (χ2n) is 19.2. The molecular formula is C65H64N2+2. The Bertz CT molecular complexity index is 3220. The lowest BCUT2D eigenvalue weighted by molar-refractivity contribution is -0.782. The number of hydrogen-bond acceptors (Lipinski definition) is 0. The minimum atomic E-state index is -0.137. The number of nitrogens with zero attached hydrogens (tertiary/aromatic N) is 2. The maximum absolute atomic E-state index is 2.68. The van der Waals surface area contributed by atoms with Gasteiger partial charge in [0.15, 0.2) is 24.5 Å². The third-order valence-electron chi connectivity index (χ3n) is 15.3. The van der Waals surface area contributed by atoms with Crippen LogP contribution in [0.3, 0.4) is 0 Å². The molecular weight excluding hydrogens is 809 g/mol. The van der Waals surface area contributed by atoms with E-state index in [4.69, 9.17) is 0 Å². The number of fused-ring (bicyclic) bond motifs is 4. The molecule has 3 heterocycles. The van der Waals surface area contributed by atoms with Crippen molar-refractivity contribution in [3.63, 3.8) is 0 Å². The van der Waals surface area contributed by atoms with Gasteiger partial charge in [0, 0.05) is 36.2 Å². The van der Waals surface area contributed by atoms with Crippen molar-refractivity contribution in [3.05, 3.63) is 217 Å². The second kappa shape index (κ2) is 18.8. The molecule has 10 rings (SSSR count). The highest BCUT2D eigenvalue weighted by Crippen LogP contribution is 2.52. The Hall–Kier alpha value is -6.90. The Labute approximate surface area is 399 Å². The topological polar surface area (TPSA) is 7.76 Å². The van der Waals surface area contributed by atoms with Crippen LogP contribution in [0.5, 0.6) is 0 Å². The fourth-order valence-electron chi connectivity index (χ4n) is 11.8. The maximum Gasteiger partial charge on any atom is 0.213 e. The van der Waals surface area contributed by atoms with Crippen LogP contribution in [0.25, 0.3) is 77.8 Å². The molecule has 0 aliphatic carbocycles. The van der Waals surface area contributed by atoms with Crippen molar-refractivity contribution in [2.24, 2.45) is 0 Å². The fraction of sp³-hybridized carbons (Fsp3) is 0.231. The molecule has 9 aromatic rings. The van der Waals surface area contributed by atoms with Gasteiger partial charge in [0.1, 0.15) is 0 Å². The summed E-state index contributed by atoms with van der Waals surface area (Å²) in [7, 11) is 0. The summed E-state index contributed by atoms with van der Waals surface area (Å²) in [6, 6.07) is 70.8. The first kappa shape index (κ1) is 44.0. The Morgan fingerprint density at radius 2 is 1.09 bits per heavy atom. The number of aromatic nitrogens is 2. The fourth-order valence-corrected chi connectivity index (χ4v) is 11.8. The van der Waals surface area contributed by atoms with Crippen LogP contribution in [0.1, 0.15) is 82.9 Å². The van der Waals surface area contributed by atoms with E-state index in [9.17, 15) is 0 Å². The number of benzene rings is 7. The molecule has 0 N–H and O–H groups in total. The first-order valence-corrected chi connectivity index (χ1v) is 24.9. The molecule has 2 nitrogen and oxygen atoms in total. The summed E-state index contributed by atoms with van der Waals surface area (Å²) in [5.41, 5.74) is 19.1. The number of hydrogen-bond donors (Lipinski definition) is 0. The summed E-state index contributed by atoms with van der Waals surface area (Å²) in [6.45, 7) is 12.8. The first-order valence-electron chi connectivity index (χ1n) is 24.9. The predicted molar refractivity (Wildman–Crippen MR) is 282 cm³/mol. The Kier molecular flexibility index (Phi) is 12.3. The van der Waals surface area contributed by atoms with Crippen LogP contribution in [-0.4, -0.2) is 0 Å². The maximum atomic E-state index is 2.68. The number of unbranched alkanes of at least 4 members (excludes halogenated alkanes) is 1. The Balaban J connectivity index is 1.06. The van der Waals surface area contributed by atoms with E-state index in [1.807, 2.05) is 0 Å². The van der Waals surface area contributed by atoms with E-state index in [0.717, 1.165) is 38.6 Å². The molecule has 2 heteroatoms. The zero-order valence-electron chi connectivity index (χ0n) is 40.1. The molecule has 0 saturated carbocycles. The van der Waals surface area contributed by atoms with E-state index in [0.29, 0.717) is 0 Å². The van der Waals surface area contributed by atoms with Crippen LogP contribution < -0.4 is 9.13 Å². The first-order chi connectivity index (χ1) is 32.8. The third kappa shape index (κ3) is 8.11. The van der Waals surface area contributed by atoms with Gasteiger partial charge in [-0.3, -0.25) is 0 Å². The minimum Gasteiger partial charge on any atom is -0.198 e. The van der Waals surface area contributed by atoms with Crippen LogP contribution in [-0.2, 0) is 23.9 Å². The van der Waals surface area contributed by atoms with Gasteiger partial charge >= 0.3 is 0 Å². The van der Waals surface area contributed by atoms with E-state index < -0.39 is 0 Å². The van der Waals surface area contributed by atoms with Crippen molar-refractivity contribution in [1.82, 2.24) is 0 Å². The molecule has 2 aromatic heterocycles. The van der Waals surface area contributed by atoms with Gasteiger partial charge in [-0.2, -0.15) is 9.13 Å². The number of rotatable bonds is 14. The summed E-state index contributed by atoms with van der Waals surface area (Å²) in [5, 5.41) is 2.54. The van der Waals surface area contributed by atoms with Crippen LogP contribution in [0.4, 0.5) is 0 Å². The van der Waals surface area contributed by atoms with Gasteiger partial charge in [-0.1, -0.05) is 149 Å². The van der Waals surface area contributed by atoms with Gasteiger partial charge in [0.2, 0.25) is 11.4 Å². The van der Waals surface area contributed by atoms with Crippen LogP contribution in [0, 0.1) is 6.92 Å². The quantitative estimate of drug-likeness (QED) is 0.0962. The van der Waals surface area contributed by atoms with Gasteiger partial charge in [-0.05, 0) is 154 Å². The molecule has 67 heavy (non-hydrogen) atoms. The molecule has 7 aromatic carbocycles. The standard InChI is InChI=1S/C65H64N2/c1-6-9-22-48-23-18-26-50(41-48)54-43-55(45-56(44-54)59-31-20-25-49-24-11-13-30-58(49)59)52-28-19-27-51(42-52)53-34-35-61-60(46-53)63-33-15-17-39-67(63)65(8-3,64(61,5)36-7-2)37-40-66-38-16-14-32-62(66)57-29-12-10-21-47(57)4/h10-21,23-35,38-39,41-46H,6-9,22,36-37,40H2,1-5H3/q+2. The summed E-state index contributed by atoms with van der Waals surface area (Å²) < 4.78 is 5.17. The molecule has 0 amide bonds. The van der Waals surface area contributed by atoms with Gasteiger partial charge in [0.05, 0.1) is 17.4 Å². The molecule has 0 radical (unpaired) electrons. The molecule has 0 spiro atoms. The van der Waals surface area contributed by atoms with Crippen molar-refractivity contribution in [1.29, 1.82) is 0 Å². The molecule has 0 fully saturated rings. The van der Waals surface area contributed by atoms with E-state index in [1.54, 1.807) is 0 Å². The summed E-state index contributed by atoms with van der Waals surface area (Å²) in [6.07, 6.45) is 12.4. The van der Waals surface area contributed by atoms with Crippen molar-refractivity contribution in [2.75, 3.05) is 0 Å². The third-order valence-corrected chi connectivity index (χ3v) is 15.3. The lowest BCUT2D eigenvalue weighted by atomic mass is 9.58. The highest BCUT2D eigenvalue weighted by Gasteiger charge is 2.60. The lowest BCUT2D eigenvalue weighted by Crippen LogP contribution is -2.70. The molecule has 1 aliphatic rings. The van der Waals surface area contributed by atoms with E-state index >= 15 is 0 Å². The van der Waals surface area contributed by atoms with E-state index in [-0.39, 0.29) is 11.0 Å². The van der Waals surface area contributed by atoms with Gasteiger partial charge in [-0.15, -0.1) is 0 Å². The van der Waals surface area contributed by atoms with Crippen molar-refractivity contribution in [3.8, 4) is 67.0 Å². The van der Waals surface area contributed by atoms with Crippen molar-refractivity contribution in [2.45, 2.75) is 97.1 Å². The molecule has 2 atom stereocenters. The SMILES string of the molecule is CCCCc1cccc(-c2cc(-c3cccc(-c4ccc5c(c4)-c4cccc[n+]4C(CC)(CC[n+]4ccccc4-c4ccccc4C)C5(C)CCC)c3)cc(-c3cccc4ccccc34)c2)c1. The molecule has 0 saturated heterocycles.